The van der Waals surface area contributed by atoms with Gasteiger partial charge in [0.15, 0.2) is 12.7 Å². The van der Waals surface area contributed by atoms with E-state index in [9.17, 15) is 19.8 Å². The van der Waals surface area contributed by atoms with Crippen LogP contribution in [0.15, 0.2) is 18.2 Å². The summed E-state index contributed by atoms with van der Waals surface area (Å²) in [5.74, 6) is 0.112. The van der Waals surface area contributed by atoms with Crippen LogP contribution in [0, 0.1) is 17.8 Å². The van der Waals surface area contributed by atoms with E-state index in [1.54, 1.807) is 0 Å². The van der Waals surface area contributed by atoms with Gasteiger partial charge in [0.25, 0.3) is 5.91 Å². The Kier molecular flexibility index (Phi) is 13.9. The Bertz CT molecular complexity index is 924. The van der Waals surface area contributed by atoms with Crippen LogP contribution in [0.25, 0.3) is 0 Å². The molecule has 1 unspecified atom stereocenters. The van der Waals surface area contributed by atoms with Crippen LogP contribution in [0.4, 0.5) is 0 Å². The van der Waals surface area contributed by atoms with Gasteiger partial charge in [0.1, 0.15) is 5.75 Å². The minimum Gasteiger partial charge on any atom is -0.482 e. The van der Waals surface area contributed by atoms with Gasteiger partial charge in [0, 0.05) is 5.54 Å². The largest absolute Gasteiger partial charge is 0.482 e. The number of hydrogen-bond donors (Lipinski definition) is 3. The smallest absolute Gasteiger partial charge is 0.344 e. The van der Waals surface area contributed by atoms with Crippen LogP contribution < -0.4 is 10.1 Å². The third-order valence-electron chi connectivity index (χ3n) is 7.94. The zero-order chi connectivity index (χ0) is 29.9. The predicted molar refractivity (Wildman–Crippen MR) is 159 cm³/mol. The number of esters is 1. The van der Waals surface area contributed by atoms with Gasteiger partial charge >= 0.3 is 5.97 Å². The van der Waals surface area contributed by atoms with E-state index < -0.39 is 17.6 Å². The Morgan fingerprint density at radius 1 is 1.10 bits per heavy atom. The summed E-state index contributed by atoms with van der Waals surface area (Å²) in [6.45, 7) is 13.3. The Balaban J connectivity index is 2.02. The predicted octanol–water partition coefficient (Wildman–Crippen LogP) is 5.76. The van der Waals surface area contributed by atoms with Crippen LogP contribution in [-0.2, 0) is 27.2 Å². The van der Waals surface area contributed by atoms with Crippen LogP contribution in [0.3, 0.4) is 0 Å². The first-order valence-corrected chi connectivity index (χ1v) is 15.5. The number of ether oxygens (including phenoxy) is 2. The van der Waals surface area contributed by atoms with Crippen LogP contribution in [0.2, 0.25) is 0 Å². The second-order valence-corrected chi connectivity index (χ2v) is 12.9. The molecule has 0 heterocycles. The molecule has 0 aliphatic heterocycles. The lowest BCUT2D eigenvalue weighted by Crippen LogP contribution is -2.49. The topological polar surface area (TPSA) is 105 Å². The van der Waals surface area contributed by atoms with Crippen molar-refractivity contribution in [3.8, 4) is 5.75 Å². The van der Waals surface area contributed by atoms with Gasteiger partial charge < -0.3 is 25.0 Å². The van der Waals surface area contributed by atoms with Gasteiger partial charge in [0.2, 0.25) is 0 Å². The molecule has 1 amide bonds. The van der Waals surface area contributed by atoms with E-state index in [2.05, 4.69) is 25.2 Å². The van der Waals surface area contributed by atoms with E-state index in [0.29, 0.717) is 11.7 Å². The van der Waals surface area contributed by atoms with Gasteiger partial charge in [-0.05, 0) is 101 Å². The number of carbonyl (C=O) groups is 2. The molecule has 7 heteroatoms. The van der Waals surface area contributed by atoms with Crippen molar-refractivity contribution in [1.29, 1.82) is 0 Å². The number of amides is 1. The second kappa shape index (κ2) is 16.4. The number of benzene rings is 1. The Morgan fingerprint density at radius 2 is 1.82 bits per heavy atom. The SMILES string of the molecule is CCCCC[C@H](O)CC[C@@H]1[C@@H](Cc2cccc(OCC(=O)OC(C(=O)NC(C)(C)C)C(C)C)c2CC)CC[C@H]1O. The van der Waals surface area contributed by atoms with Crippen LogP contribution in [0.1, 0.15) is 111 Å². The highest BCUT2D eigenvalue weighted by molar-refractivity contribution is 5.84. The molecule has 0 aromatic heterocycles. The minimum atomic E-state index is -0.886. The monoisotopic (exact) mass is 561 g/mol. The summed E-state index contributed by atoms with van der Waals surface area (Å²) >= 11 is 0. The maximum absolute atomic E-state index is 12.7. The number of carbonyl (C=O) groups excluding carboxylic acids is 2. The summed E-state index contributed by atoms with van der Waals surface area (Å²) in [6, 6.07) is 5.92. The molecule has 5 atom stereocenters. The summed E-state index contributed by atoms with van der Waals surface area (Å²) in [6.07, 6.45) is 7.59. The minimum absolute atomic E-state index is 0.173. The summed E-state index contributed by atoms with van der Waals surface area (Å²) in [5, 5.41) is 24.0. The third-order valence-corrected chi connectivity index (χ3v) is 7.94. The normalized spacial score (nSPS) is 20.8. The maximum atomic E-state index is 12.7. The van der Waals surface area contributed by atoms with E-state index in [1.807, 2.05) is 46.8 Å². The van der Waals surface area contributed by atoms with Crippen LogP contribution in [-0.4, -0.2) is 52.5 Å². The first kappa shape index (κ1) is 34.1. The molecule has 1 aromatic rings. The van der Waals surface area contributed by atoms with Crippen molar-refractivity contribution in [2.75, 3.05) is 6.61 Å². The number of aliphatic hydroxyl groups is 2. The number of rotatable bonds is 16. The van der Waals surface area contributed by atoms with Crippen molar-refractivity contribution < 1.29 is 29.3 Å². The van der Waals surface area contributed by atoms with Gasteiger partial charge in [-0.3, -0.25) is 4.79 Å². The van der Waals surface area contributed by atoms with Gasteiger partial charge in [-0.25, -0.2) is 4.79 Å². The highest BCUT2D eigenvalue weighted by atomic mass is 16.6. The summed E-state index contributed by atoms with van der Waals surface area (Å²) in [5.41, 5.74) is 1.80. The molecule has 0 spiro atoms. The Morgan fingerprint density at radius 3 is 2.45 bits per heavy atom. The Labute approximate surface area is 242 Å². The number of unbranched alkanes of at least 4 members (excludes halogenated alkanes) is 2. The van der Waals surface area contributed by atoms with Crippen molar-refractivity contribution in [3.63, 3.8) is 0 Å². The summed E-state index contributed by atoms with van der Waals surface area (Å²) in [7, 11) is 0. The van der Waals surface area contributed by atoms with E-state index >= 15 is 0 Å². The maximum Gasteiger partial charge on any atom is 0.344 e. The molecule has 1 aromatic carbocycles. The lowest BCUT2D eigenvalue weighted by molar-refractivity contribution is -0.161. The van der Waals surface area contributed by atoms with Gasteiger partial charge in [-0.2, -0.15) is 0 Å². The molecule has 3 N–H and O–H groups in total. The van der Waals surface area contributed by atoms with E-state index in [0.717, 1.165) is 69.8 Å². The van der Waals surface area contributed by atoms with Crippen molar-refractivity contribution in [1.82, 2.24) is 5.32 Å². The average molecular weight is 562 g/mol. The molecular weight excluding hydrogens is 506 g/mol. The van der Waals surface area contributed by atoms with Gasteiger partial charge in [0.05, 0.1) is 12.2 Å². The zero-order valence-electron chi connectivity index (χ0n) is 26.0. The molecule has 0 bridgehead atoms. The van der Waals surface area contributed by atoms with Crippen molar-refractivity contribution >= 4 is 11.9 Å². The lowest BCUT2D eigenvalue weighted by atomic mass is 9.83. The molecule has 1 saturated carbocycles. The molecule has 7 nitrogen and oxygen atoms in total. The quantitative estimate of drug-likeness (QED) is 0.175. The fourth-order valence-corrected chi connectivity index (χ4v) is 5.83. The Hall–Kier alpha value is -2.12. The highest BCUT2D eigenvalue weighted by Crippen LogP contribution is 2.39. The molecule has 0 radical (unpaired) electrons. The molecule has 0 saturated heterocycles. The van der Waals surface area contributed by atoms with Gasteiger partial charge in [-0.1, -0.05) is 59.1 Å². The van der Waals surface area contributed by atoms with E-state index in [-0.39, 0.29) is 36.6 Å². The molecule has 228 valence electrons. The fourth-order valence-electron chi connectivity index (χ4n) is 5.83. The third kappa shape index (κ3) is 11.0. The number of hydrogen-bond acceptors (Lipinski definition) is 6. The first-order chi connectivity index (χ1) is 18.9. The van der Waals surface area contributed by atoms with E-state index in [1.165, 1.54) is 5.56 Å². The van der Waals surface area contributed by atoms with E-state index in [4.69, 9.17) is 9.47 Å². The zero-order valence-corrected chi connectivity index (χ0v) is 26.0. The van der Waals surface area contributed by atoms with Crippen LogP contribution in [0.5, 0.6) is 5.75 Å². The average Bonchev–Trinajstić information content (AvgIpc) is 3.22. The summed E-state index contributed by atoms with van der Waals surface area (Å²) < 4.78 is 11.5. The highest BCUT2D eigenvalue weighted by Gasteiger charge is 2.35. The lowest BCUT2D eigenvalue weighted by Gasteiger charge is -2.27. The van der Waals surface area contributed by atoms with Gasteiger partial charge in [-0.15, -0.1) is 0 Å². The standard InChI is InChI=1S/C33H55NO6/c1-8-10-11-14-25(35)17-18-27-24(16-19-28(27)36)20-23-13-12-15-29(26(23)9-2)39-21-30(37)40-31(22(3)4)32(38)34-33(5,6)7/h12-13,15,22,24-25,27-28,31,35-36H,8-11,14,16-21H2,1-7H3,(H,34,38)/t24-,25+,27-,28-,31?/m1/s1. The number of nitrogens with one attached hydrogen (secondary N) is 1. The van der Waals surface area contributed by atoms with Crippen molar-refractivity contribution in [3.05, 3.63) is 29.3 Å². The second-order valence-electron chi connectivity index (χ2n) is 12.9. The summed E-state index contributed by atoms with van der Waals surface area (Å²) in [4.78, 5) is 25.3. The molecule has 2 rings (SSSR count). The molecule has 1 aliphatic carbocycles. The fraction of sp³-hybridized carbons (Fsp3) is 0.758. The molecule has 1 fully saturated rings. The number of aliphatic hydroxyl groups excluding tert-OH is 2. The van der Waals surface area contributed by atoms with Crippen molar-refractivity contribution in [2.24, 2.45) is 17.8 Å². The molecular formula is C33H55NO6. The van der Waals surface area contributed by atoms with Crippen molar-refractivity contribution in [2.45, 2.75) is 137 Å². The molecule has 40 heavy (non-hydrogen) atoms. The van der Waals surface area contributed by atoms with Crippen LogP contribution >= 0.6 is 0 Å². The first-order valence-electron chi connectivity index (χ1n) is 15.5. The molecule has 1 aliphatic rings.